The van der Waals surface area contributed by atoms with E-state index in [0.717, 1.165) is 12.1 Å². The van der Waals surface area contributed by atoms with Crippen molar-refractivity contribution in [3.8, 4) is 0 Å². The van der Waals surface area contributed by atoms with E-state index in [0.29, 0.717) is 6.61 Å². The maximum atomic E-state index is 13.4. The van der Waals surface area contributed by atoms with Crippen LogP contribution in [0.25, 0.3) is 0 Å². The van der Waals surface area contributed by atoms with Crippen LogP contribution in [0.4, 0.5) is 15.8 Å². The summed E-state index contributed by atoms with van der Waals surface area (Å²) in [7, 11) is 3.02. The minimum Gasteiger partial charge on any atom is -0.382 e. The first-order valence-electron chi connectivity index (χ1n) is 5.38. The number of nitro benzene ring substituents is 1. The highest BCUT2D eigenvalue weighted by atomic mass is 79.9. The van der Waals surface area contributed by atoms with Crippen LogP contribution in [0.1, 0.15) is 0 Å². The Kier molecular flexibility index (Phi) is 6.13. The number of halogens is 2. The van der Waals surface area contributed by atoms with Gasteiger partial charge in [-0.1, -0.05) is 0 Å². The highest BCUT2D eigenvalue weighted by Crippen LogP contribution is 2.30. The van der Waals surface area contributed by atoms with E-state index in [1.165, 1.54) is 14.2 Å². The second-order valence-corrected chi connectivity index (χ2v) is 4.59. The molecule has 8 heteroatoms. The molecule has 0 bridgehead atoms. The molecule has 0 aliphatic carbocycles. The normalized spacial score (nSPS) is 12.2. The van der Waals surface area contributed by atoms with Crippen molar-refractivity contribution in [1.29, 1.82) is 0 Å². The predicted molar refractivity (Wildman–Crippen MR) is 71.9 cm³/mol. The number of ether oxygens (including phenoxy) is 2. The van der Waals surface area contributed by atoms with Gasteiger partial charge in [0, 0.05) is 32.9 Å². The van der Waals surface area contributed by atoms with E-state index in [-0.39, 0.29) is 28.5 Å². The van der Waals surface area contributed by atoms with Crippen LogP contribution in [0.2, 0.25) is 0 Å². The second kappa shape index (κ2) is 7.37. The number of nitrogens with zero attached hydrogens (tertiary/aromatic N) is 1. The van der Waals surface area contributed by atoms with Gasteiger partial charge in [-0.2, -0.15) is 0 Å². The van der Waals surface area contributed by atoms with Gasteiger partial charge in [0.25, 0.3) is 5.69 Å². The summed E-state index contributed by atoms with van der Waals surface area (Å²) in [5.41, 5.74) is -0.107. The van der Waals surface area contributed by atoms with Crippen LogP contribution in [0.3, 0.4) is 0 Å². The fraction of sp³-hybridized carbons (Fsp3) is 0.455. The minimum absolute atomic E-state index is 0.0462. The number of nitro groups is 1. The molecule has 19 heavy (non-hydrogen) atoms. The summed E-state index contributed by atoms with van der Waals surface area (Å²) in [6, 6.07) is 2.19. The van der Waals surface area contributed by atoms with Gasteiger partial charge in [-0.15, -0.1) is 0 Å². The van der Waals surface area contributed by atoms with Crippen LogP contribution in [0.15, 0.2) is 16.6 Å². The Morgan fingerprint density at radius 2 is 2.21 bits per heavy atom. The van der Waals surface area contributed by atoms with Gasteiger partial charge in [0.1, 0.15) is 11.5 Å². The quantitative estimate of drug-likeness (QED) is 0.611. The number of anilines is 1. The Morgan fingerprint density at radius 3 is 2.74 bits per heavy atom. The summed E-state index contributed by atoms with van der Waals surface area (Å²) in [4.78, 5) is 10.3. The monoisotopic (exact) mass is 336 g/mol. The molecule has 0 radical (unpaired) electrons. The number of benzene rings is 1. The molecule has 106 valence electrons. The molecule has 0 saturated heterocycles. The van der Waals surface area contributed by atoms with Crippen LogP contribution >= 0.6 is 15.9 Å². The Morgan fingerprint density at radius 1 is 1.53 bits per heavy atom. The molecule has 0 amide bonds. The molecular weight excluding hydrogens is 323 g/mol. The maximum Gasteiger partial charge on any atom is 0.293 e. The van der Waals surface area contributed by atoms with E-state index in [9.17, 15) is 14.5 Å². The SMILES string of the molecule is COCC(CNc1cc(F)c(Br)cc1[N+](=O)[O-])OC. The van der Waals surface area contributed by atoms with Crippen LogP contribution in [0.5, 0.6) is 0 Å². The zero-order chi connectivity index (χ0) is 14.4. The van der Waals surface area contributed by atoms with Crippen molar-refractivity contribution in [3.63, 3.8) is 0 Å². The van der Waals surface area contributed by atoms with Crippen molar-refractivity contribution in [2.45, 2.75) is 6.10 Å². The van der Waals surface area contributed by atoms with Crippen LogP contribution in [-0.4, -0.2) is 38.4 Å². The zero-order valence-electron chi connectivity index (χ0n) is 10.5. The average Bonchev–Trinajstić information content (AvgIpc) is 2.37. The van der Waals surface area contributed by atoms with Crippen molar-refractivity contribution in [2.75, 3.05) is 32.7 Å². The van der Waals surface area contributed by atoms with Gasteiger partial charge in [-0.3, -0.25) is 10.1 Å². The molecule has 0 spiro atoms. The van der Waals surface area contributed by atoms with E-state index in [1.54, 1.807) is 0 Å². The highest BCUT2D eigenvalue weighted by molar-refractivity contribution is 9.10. The summed E-state index contributed by atoms with van der Waals surface area (Å²) in [5.74, 6) is -0.575. The van der Waals surface area contributed by atoms with Crippen LogP contribution in [-0.2, 0) is 9.47 Å². The number of hydrogen-bond donors (Lipinski definition) is 1. The smallest absolute Gasteiger partial charge is 0.293 e. The first kappa shape index (κ1) is 15.8. The van der Waals surface area contributed by atoms with Crippen LogP contribution in [0, 0.1) is 15.9 Å². The maximum absolute atomic E-state index is 13.4. The largest absolute Gasteiger partial charge is 0.382 e. The third-order valence-electron chi connectivity index (χ3n) is 2.44. The molecule has 0 aliphatic heterocycles. The number of rotatable bonds is 7. The standard InChI is InChI=1S/C11H14BrFN2O4/c1-18-6-7(19-2)5-14-10-4-9(13)8(12)3-11(10)15(16)17/h3-4,7,14H,5-6H2,1-2H3. The third-order valence-corrected chi connectivity index (χ3v) is 3.05. The molecule has 0 heterocycles. The van der Waals surface area contributed by atoms with Gasteiger partial charge in [0.15, 0.2) is 0 Å². The van der Waals surface area contributed by atoms with Crippen LogP contribution < -0.4 is 5.32 Å². The fourth-order valence-electron chi connectivity index (χ4n) is 1.45. The lowest BCUT2D eigenvalue weighted by Crippen LogP contribution is -2.26. The molecule has 0 fully saturated rings. The molecular formula is C11H14BrFN2O4. The van der Waals surface area contributed by atoms with Gasteiger partial charge < -0.3 is 14.8 Å². The van der Waals surface area contributed by atoms with Gasteiger partial charge in [0.2, 0.25) is 0 Å². The Bertz CT molecular complexity index is 459. The van der Waals surface area contributed by atoms with Gasteiger partial charge in [-0.25, -0.2) is 4.39 Å². The second-order valence-electron chi connectivity index (χ2n) is 3.73. The minimum atomic E-state index is -0.579. The molecule has 1 aromatic rings. The molecule has 1 atom stereocenters. The topological polar surface area (TPSA) is 73.6 Å². The van der Waals surface area contributed by atoms with E-state index in [1.807, 2.05) is 0 Å². The lowest BCUT2D eigenvalue weighted by molar-refractivity contribution is -0.384. The Hall–Kier alpha value is -1.25. The summed E-state index contributed by atoms with van der Waals surface area (Å²) in [6.07, 6.45) is -0.281. The highest BCUT2D eigenvalue weighted by Gasteiger charge is 2.18. The van der Waals surface area contributed by atoms with Crippen molar-refractivity contribution < 1.29 is 18.8 Å². The number of hydrogen-bond acceptors (Lipinski definition) is 5. The Labute approximate surface area is 118 Å². The first-order chi connectivity index (χ1) is 8.99. The molecule has 1 unspecified atom stereocenters. The molecule has 0 aromatic heterocycles. The molecule has 1 aromatic carbocycles. The van der Waals surface area contributed by atoms with E-state index in [2.05, 4.69) is 21.2 Å². The summed E-state index contributed by atoms with van der Waals surface area (Å²) in [6.45, 7) is 0.600. The lowest BCUT2D eigenvalue weighted by Gasteiger charge is -2.16. The molecule has 6 nitrogen and oxygen atoms in total. The van der Waals surface area contributed by atoms with Gasteiger partial charge in [0.05, 0.1) is 22.1 Å². The summed E-state index contributed by atoms with van der Waals surface area (Å²) in [5, 5.41) is 13.7. The third kappa shape index (κ3) is 4.41. The molecule has 0 aliphatic rings. The molecule has 1 N–H and O–H groups in total. The van der Waals surface area contributed by atoms with Crippen molar-refractivity contribution >= 4 is 27.3 Å². The van der Waals surface area contributed by atoms with Gasteiger partial charge in [-0.05, 0) is 15.9 Å². The number of nitrogens with one attached hydrogen (secondary N) is 1. The van der Waals surface area contributed by atoms with Crippen molar-refractivity contribution in [2.24, 2.45) is 0 Å². The molecule has 1 rings (SSSR count). The van der Waals surface area contributed by atoms with E-state index >= 15 is 0 Å². The van der Waals surface area contributed by atoms with Gasteiger partial charge >= 0.3 is 0 Å². The van der Waals surface area contributed by atoms with E-state index < -0.39 is 10.7 Å². The van der Waals surface area contributed by atoms with Crippen molar-refractivity contribution in [1.82, 2.24) is 0 Å². The van der Waals surface area contributed by atoms with E-state index in [4.69, 9.17) is 9.47 Å². The average molecular weight is 337 g/mol. The molecule has 0 saturated carbocycles. The predicted octanol–water partition coefficient (Wildman–Crippen LogP) is 2.57. The summed E-state index contributed by atoms with van der Waals surface area (Å²) < 4.78 is 23.5. The first-order valence-corrected chi connectivity index (χ1v) is 6.18. The lowest BCUT2D eigenvalue weighted by atomic mass is 10.2. The summed E-state index contributed by atoms with van der Waals surface area (Å²) >= 11 is 2.92. The fourth-order valence-corrected chi connectivity index (χ4v) is 1.78. The number of methoxy groups -OCH3 is 2. The Balaban J connectivity index is 2.87. The van der Waals surface area contributed by atoms with Crippen molar-refractivity contribution in [3.05, 3.63) is 32.5 Å². The zero-order valence-corrected chi connectivity index (χ0v) is 12.1.